The molecule has 1 aliphatic heterocycles. The van der Waals surface area contributed by atoms with Crippen LogP contribution in [0.2, 0.25) is 5.02 Å². The van der Waals surface area contributed by atoms with Gasteiger partial charge in [0.05, 0.1) is 25.8 Å². The first-order chi connectivity index (χ1) is 17.5. The van der Waals surface area contributed by atoms with E-state index in [1.807, 2.05) is 26.0 Å². The van der Waals surface area contributed by atoms with E-state index in [4.69, 9.17) is 16.6 Å². The second-order valence-corrected chi connectivity index (χ2v) is 13.2. The number of amides is 1. The SMILES string of the molecule is Cc1cc(NC(=O)c2ccc(S(=O)(=O)N3CC(C)CC(C)C3)cc2)n(-c2nc3c(C)ccc(Cl)c3s2)n1. The van der Waals surface area contributed by atoms with Crippen molar-refractivity contribution in [1.29, 1.82) is 0 Å². The largest absolute Gasteiger partial charge is 0.306 e. The second kappa shape index (κ2) is 9.83. The van der Waals surface area contributed by atoms with Gasteiger partial charge in [-0.25, -0.2) is 13.4 Å². The van der Waals surface area contributed by atoms with Crippen molar-refractivity contribution in [2.24, 2.45) is 11.8 Å². The number of sulfonamides is 1. The van der Waals surface area contributed by atoms with Gasteiger partial charge in [0.15, 0.2) is 0 Å². The molecular formula is C26H28ClN5O3S2. The number of anilines is 1. The van der Waals surface area contributed by atoms with E-state index in [2.05, 4.69) is 24.3 Å². The Balaban J connectivity index is 1.38. The quantitative estimate of drug-likeness (QED) is 0.341. The van der Waals surface area contributed by atoms with Gasteiger partial charge in [0, 0.05) is 24.7 Å². The molecule has 2 atom stereocenters. The molecule has 0 bridgehead atoms. The lowest BCUT2D eigenvalue weighted by Gasteiger charge is -2.34. The van der Waals surface area contributed by atoms with Crippen molar-refractivity contribution in [3.8, 4) is 5.13 Å². The zero-order valence-corrected chi connectivity index (χ0v) is 23.4. The molecular weight excluding hydrogens is 530 g/mol. The molecule has 11 heteroatoms. The van der Waals surface area contributed by atoms with E-state index < -0.39 is 10.0 Å². The molecule has 1 aliphatic rings. The predicted molar refractivity (Wildman–Crippen MR) is 147 cm³/mol. The van der Waals surface area contributed by atoms with Crippen LogP contribution in [-0.2, 0) is 10.0 Å². The van der Waals surface area contributed by atoms with Crippen LogP contribution in [0.1, 0.15) is 41.9 Å². The van der Waals surface area contributed by atoms with Crippen LogP contribution in [0.3, 0.4) is 0 Å². The molecule has 2 aromatic carbocycles. The number of carbonyl (C=O) groups is 1. The number of hydrogen-bond donors (Lipinski definition) is 1. The van der Waals surface area contributed by atoms with Crippen LogP contribution < -0.4 is 5.32 Å². The molecule has 1 amide bonds. The summed E-state index contributed by atoms with van der Waals surface area (Å²) in [5.41, 5.74) is 2.85. The Morgan fingerprint density at radius 3 is 2.41 bits per heavy atom. The number of thiazole rings is 1. The number of nitrogens with zero attached hydrogens (tertiary/aromatic N) is 4. The van der Waals surface area contributed by atoms with Crippen molar-refractivity contribution in [2.45, 2.75) is 39.0 Å². The van der Waals surface area contributed by atoms with Gasteiger partial charge in [-0.05, 0) is 68.0 Å². The summed E-state index contributed by atoms with van der Waals surface area (Å²) in [6.07, 6.45) is 1.02. The number of fused-ring (bicyclic) bond motifs is 1. The number of hydrogen-bond acceptors (Lipinski definition) is 6. The predicted octanol–water partition coefficient (Wildman–Crippen LogP) is 5.67. The third-order valence-corrected chi connectivity index (χ3v) is 9.87. The minimum atomic E-state index is -3.62. The first-order valence-corrected chi connectivity index (χ1v) is 14.7. The molecule has 1 N–H and O–H groups in total. The van der Waals surface area contributed by atoms with Crippen molar-refractivity contribution >= 4 is 54.9 Å². The first kappa shape index (κ1) is 25.8. The number of halogens is 1. The van der Waals surface area contributed by atoms with Crippen LogP contribution >= 0.6 is 22.9 Å². The van der Waals surface area contributed by atoms with Crippen LogP contribution in [-0.4, -0.2) is 46.5 Å². The first-order valence-electron chi connectivity index (χ1n) is 12.1. The van der Waals surface area contributed by atoms with E-state index in [1.165, 1.54) is 35.6 Å². The summed E-state index contributed by atoms with van der Waals surface area (Å²) in [6.45, 7) is 8.96. The third-order valence-electron chi connectivity index (χ3n) is 6.53. The summed E-state index contributed by atoms with van der Waals surface area (Å²) >= 11 is 7.77. The highest BCUT2D eigenvalue weighted by Crippen LogP contribution is 2.34. The maximum absolute atomic E-state index is 13.2. The standard InChI is InChI=1S/C26H28ClN5O3S2/c1-15-11-16(2)14-31(13-15)37(34,35)20-8-6-19(7-9-20)25(33)28-22-12-18(4)30-32(22)26-29-23-17(3)5-10-21(27)24(23)36-26/h5-10,12,15-16H,11,13-14H2,1-4H3,(H,28,33). The Labute approximate surface area is 225 Å². The molecule has 2 aromatic heterocycles. The number of benzene rings is 2. The lowest BCUT2D eigenvalue weighted by atomic mass is 9.94. The lowest BCUT2D eigenvalue weighted by Crippen LogP contribution is -2.42. The summed E-state index contributed by atoms with van der Waals surface area (Å²) in [5, 5.41) is 8.60. The molecule has 0 aliphatic carbocycles. The molecule has 0 saturated carbocycles. The number of aromatic nitrogens is 3. The molecule has 0 radical (unpaired) electrons. The maximum Gasteiger partial charge on any atom is 0.256 e. The van der Waals surface area contributed by atoms with Crippen molar-refractivity contribution in [3.63, 3.8) is 0 Å². The Morgan fingerprint density at radius 2 is 1.76 bits per heavy atom. The van der Waals surface area contributed by atoms with E-state index in [0.29, 0.717) is 52.2 Å². The monoisotopic (exact) mass is 557 g/mol. The molecule has 3 heterocycles. The average Bonchev–Trinajstić information content (AvgIpc) is 3.45. The third kappa shape index (κ3) is 5.03. The summed E-state index contributed by atoms with van der Waals surface area (Å²) < 4.78 is 30.3. The van der Waals surface area contributed by atoms with Gasteiger partial charge in [-0.1, -0.05) is 42.9 Å². The van der Waals surface area contributed by atoms with Crippen LogP contribution in [0.4, 0.5) is 5.82 Å². The Kier molecular flexibility index (Phi) is 6.86. The van der Waals surface area contributed by atoms with Gasteiger partial charge in [0.2, 0.25) is 15.2 Å². The highest BCUT2D eigenvalue weighted by molar-refractivity contribution is 7.89. The number of piperidine rings is 1. The van der Waals surface area contributed by atoms with E-state index in [1.54, 1.807) is 15.1 Å². The number of carbonyl (C=O) groups excluding carboxylic acids is 1. The van der Waals surface area contributed by atoms with Crippen molar-refractivity contribution in [3.05, 3.63) is 64.3 Å². The lowest BCUT2D eigenvalue weighted by molar-refractivity contribution is 0.102. The smallest absolute Gasteiger partial charge is 0.256 e. The fourth-order valence-corrected chi connectivity index (χ4v) is 7.80. The zero-order chi connectivity index (χ0) is 26.5. The van der Waals surface area contributed by atoms with Gasteiger partial charge < -0.3 is 5.32 Å². The normalized spacial score (nSPS) is 18.8. The number of aryl methyl sites for hydroxylation is 2. The van der Waals surface area contributed by atoms with Gasteiger partial charge in [0.1, 0.15) is 5.82 Å². The highest BCUT2D eigenvalue weighted by Gasteiger charge is 2.31. The second-order valence-electron chi connectivity index (χ2n) is 9.87. The minimum Gasteiger partial charge on any atom is -0.306 e. The van der Waals surface area contributed by atoms with Crippen LogP contribution in [0.25, 0.3) is 15.3 Å². The highest BCUT2D eigenvalue weighted by atomic mass is 35.5. The van der Waals surface area contributed by atoms with Crippen molar-refractivity contribution in [1.82, 2.24) is 19.1 Å². The molecule has 194 valence electrons. The summed E-state index contributed by atoms with van der Waals surface area (Å²) in [4.78, 5) is 18.0. The van der Waals surface area contributed by atoms with Crippen molar-refractivity contribution < 1.29 is 13.2 Å². The van der Waals surface area contributed by atoms with Gasteiger partial charge in [-0.2, -0.15) is 14.1 Å². The van der Waals surface area contributed by atoms with Gasteiger partial charge >= 0.3 is 0 Å². The van der Waals surface area contributed by atoms with Gasteiger partial charge in [0.25, 0.3) is 5.91 Å². The molecule has 0 spiro atoms. The Hall–Kier alpha value is -2.79. The fraction of sp³-hybridized carbons (Fsp3) is 0.346. The number of rotatable bonds is 5. The zero-order valence-electron chi connectivity index (χ0n) is 21.0. The molecule has 4 aromatic rings. The molecule has 2 unspecified atom stereocenters. The molecule has 1 fully saturated rings. The fourth-order valence-electron chi connectivity index (χ4n) is 4.83. The van der Waals surface area contributed by atoms with Crippen LogP contribution in [0.15, 0.2) is 47.4 Å². The van der Waals surface area contributed by atoms with E-state index >= 15 is 0 Å². The summed E-state index contributed by atoms with van der Waals surface area (Å²) in [6, 6.07) is 11.6. The number of nitrogens with one attached hydrogen (secondary N) is 1. The molecule has 8 nitrogen and oxygen atoms in total. The Morgan fingerprint density at radius 1 is 1.08 bits per heavy atom. The Bertz CT molecular complexity index is 1550. The molecule has 5 rings (SSSR count). The van der Waals surface area contributed by atoms with Crippen molar-refractivity contribution in [2.75, 3.05) is 18.4 Å². The van der Waals surface area contributed by atoms with Crippen LogP contribution in [0.5, 0.6) is 0 Å². The molecule has 37 heavy (non-hydrogen) atoms. The minimum absolute atomic E-state index is 0.188. The van der Waals surface area contributed by atoms with Crippen LogP contribution in [0, 0.1) is 25.7 Å². The van der Waals surface area contributed by atoms with Gasteiger partial charge in [-0.15, -0.1) is 0 Å². The average molecular weight is 558 g/mol. The van der Waals surface area contributed by atoms with E-state index in [-0.39, 0.29) is 10.8 Å². The molecule has 1 saturated heterocycles. The summed E-state index contributed by atoms with van der Waals surface area (Å²) in [7, 11) is -3.62. The maximum atomic E-state index is 13.2. The summed E-state index contributed by atoms with van der Waals surface area (Å²) in [5.74, 6) is 0.712. The van der Waals surface area contributed by atoms with Gasteiger partial charge in [-0.3, -0.25) is 4.79 Å². The van der Waals surface area contributed by atoms with E-state index in [9.17, 15) is 13.2 Å². The topological polar surface area (TPSA) is 97.2 Å². The van der Waals surface area contributed by atoms with E-state index in [0.717, 1.165) is 22.2 Å².